The Labute approximate surface area is 467 Å². The van der Waals surface area contributed by atoms with Gasteiger partial charge in [-0.15, -0.1) is 0 Å². The number of fused-ring (bicyclic) bond motifs is 6. The molecule has 0 spiro atoms. The largest absolute Gasteiger partial charge is 0.481 e. The number of nitrogens with one attached hydrogen (secondary N) is 2. The number of rotatable bonds is 25. The zero-order valence-electron chi connectivity index (χ0n) is 45.6. The van der Waals surface area contributed by atoms with Crippen LogP contribution < -0.4 is 16.4 Å². The lowest BCUT2D eigenvalue weighted by molar-refractivity contribution is -0.207. The number of phosphoric acid groups is 3. The molecule has 1 saturated heterocycles. The van der Waals surface area contributed by atoms with E-state index in [1.807, 2.05) is 0 Å². The number of ether oxygens (including phenoxy) is 1. The van der Waals surface area contributed by atoms with Gasteiger partial charge in [0.2, 0.25) is 11.8 Å². The normalized spacial score (nSPS) is 34.7. The average Bonchev–Trinajstić information content (AvgIpc) is 3.66. The Bertz CT molecular complexity index is 2670. The number of carbonyl (C=O) groups is 3. The maximum atomic E-state index is 13.1. The molecule has 32 heteroatoms. The molecule has 4 saturated carbocycles. The third-order valence-electron chi connectivity index (χ3n) is 18.1. The second-order valence-corrected chi connectivity index (χ2v) is 29.0. The smallest absolute Gasteiger partial charge is 0.393 e. The van der Waals surface area contributed by atoms with E-state index in [9.17, 15) is 78.3 Å². The van der Waals surface area contributed by atoms with Crippen LogP contribution in [0.3, 0.4) is 0 Å². The molecule has 3 heterocycles. The van der Waals surface area contributed by atoms with Crippen LogP contribution in [-0.2, 0) is 50.7 Å². The first-order valence-corrected chi connectivity index (χ1v) is 32.5. The number of imidazole rings is 1. The van der Waals surface area contributed by atoms with Gasteiger partial charge >= 0.3 is 23.5 Å². The van der Waals surface area contributed by atoms with Gasteiger partial charge in [0.25, 0.3) is 0 Å². The van der Waals surface area contributed by atoms with Crippen molar-refractivity contribution < 1.29 is 101 Å². The number of nitrogen functional groups attached to an aromatic ring is 1. The summed E-state index contributed by atoms with van der Waals surface area (Å²) in [5, 5.41) is 71.6. The molecule has 0 bridgehead atoms. The molecule has 14 N–H and O–H groups in total. The molecule has 5 fully saturated rings. The topological polar surface area (TPSA) is 445 Å². The van der Waals surface area contributed by atoms with Gasteiger partial charge in [-0.05, 0) is 104 Å². The Balaban J connectivity index is 0.780. The summed E-state index contributed by atoms with van der Waals surface area (Å²) in [5.41, 5.74) is 3.82. The molecule has 2 amide bonds. The lowest BCUT2D eigenvalue weighted by Crippen LogP contribution is -2.62. The molecule has 0 radical (unpaired) electrons. The van der Waals surface area contributed by atoms with Crippen LogP contribution in [0.15, 0.2) is 12.7 Å². The third kappa shape index (κ3) is 14.5. The number of phosphoric ester groups is 3. The van der Waals surface area contributed by atoms with E-state index in [1.165, 1.54) is 13.8 Å². The summed E-state index contributed by atoms with van der Waals surface area (Å²) in [4.78, 5) is 89.9. The molecule has 454 valence electrons. The van der Waals surface area contributed by atoms with E-state index in [4.69, 9.17) is 19.5 Å². The van der Waals surface area contributed by atoms with Crippen molar-refractivity contribution >= 4 is 69.1 Å². The highest BCUT2D eigenvalue weighted by Crippen LogP contribution is 2.69. The predicted molar refractivity (Wildman–Crippen MR) is 285 cm³/mol. The Morgan fingerprint density at radius 2 is 1.62 bits per heavy atom. The van der Waals surface area contributed by atoms with E-state index in [2.05, 4.69) is 55.2 Å². The number of anilines is 1. The summed E-state index contributed by atoms with van der Waals surface area (Å²) in [6, 6.07) is 0. The van der Waals surface area contributed by atoms with Gasteiger partial charge in [0, 0.05) is 30.7 Å². The molecule has 4 aliphatic carbocycles. The van der Waals surface area contributed by atoms with Gasteiger partial charge in [-0.1, -0.05) is 53.3 Å². The lowest BCUT2D eigenvalue weighted by atomic mass is 9.43. The van der Waals surface area contributed by atoms with Crippen molar-refractivity contribution in [3.63, 3.8) is 0 Å². The van der Waals surface area contributed by atoms with Crippen LogP contribution in [-0.4, -0.2) is 168 Å². The zero-order chi connectivity index (χ0) is 59.1. The average molecular weight is 1220 g/mol. The fourth-order valence-electron chi connectivity index (χ4n) is 13.6. The van der Waals surface area contributed by atoms with Crippen LogP contribution in [0.5, 0.6) is 0 Å². The number of hydrogen-bond donors (Lipinski definition) is 13. The van der Waals surface area contributed by atoms with Crippen molar-refractivity contribution in [1.82, 2.24) is 30.2 Å². The summed E-state index contributed by atoms with van der Waals surface area (Å²) in [5.74, 6) is -1.01. The number of aliphatic hydroxyl groups excluding tert-OH is 6. The number of aliphatic hydroxyl groups is 6. The monoisotopic (exact) mass is 1220 g/mol. The second kappa shape index (κ2) is 25.5. The lowest BCUT2D eigenvalue weighted by Gasteiger charge is -2.63. The van der Waals surface area contributed by atoms with Gasteiger partial charge in [-0.2, -0.15) is 4.31 Å². The Kier molecular flexibility index (Phi) is 20.7. The van der Waals surface area contributed by atoms with Crippen LogP contribution in [0.2, 0.25) is 0 Å². The first kappa shape index (κ1) is 65.0. The quantitative estimate of drug-likeness (QED) is 0.0500. The van der Waals surface area contributed by atoms with E-state index in [0.29, 0.717) is 32.1 Å². The molecule has 80 heavy (non-hydrogen) atoms. The van der Waals surface area contributed by atoms with Gasteiger partial charge in [0.1, 0.15) is 36.3 Å². The number of carbonyl (C=O) groups excluding carboxylic acids is 3. The molecule has 20 atom stereocenters. The molecule has 2 aromatic rings. The highest BCUT2D eigenvalue weighted by Gasteiger charge is 2.66. The number of thioether (sulfide) groups is 1. The van der Waals surface area contributed by atoms with E-state index >= 15 is 0 Å². The number of hydrogen-bond acceptors (Lipinski definition) is 22. The van der Waals surface area contributed by atoms with Crippen LogP contribution >= 0.6 is 35.2 Å². The molecular weight excluding hydrogens is 1140 g/mol. The summed E-state index contributed by atoms with van der Waals surface area (Å²) in [7, 11) is -16.5. The Hall–Kier alpha value is -2.60. The van der Waals surface area contributed by atoms with Crippen LogP contribution in [0.1, 0.15) is 112 Å². The minimum absolute atomic E-state index is 0.0198. The van der Waals surface area contributed by atoms with Crippen molar-refractivity contribution in [2.24, 2.45) is 57.7 Å². The molecule has 28 nitrogen and oxygen atoms in total. The predicted octanol–water partition coefficient (Wildman–Crippen LogP) is 2.04. The molecule has 0 aromatic carbocycles. The van der Waals surface area contributed by atoms with Crippen molar-refractivity contribution in [2.45, 2.75) is 161 Å². The van der Waals surface area contributed by atoms with Crippen LogP contribution in [0.4, 0.5) is 5.82 Å². The maximum Gasteiger partial charge on any atom is 0.481 e. The van der Waals surface area contributed by atoms with Crippen molar-refractivity contribution in [1.29, 1.82) is 0 Å². The van der Waals surface area contributed by atoms with Gasteiger partial charge in [-0.25, -0.2) is 28.6 Å². The number of nitrogens with zero attached hydrogens (tertiary/aromatic N) is 4. The van der Waals surface area contributed by atoms with E-state index in [-0.39, 0.29) is 99.8 Å². The van der Waals surface area contributed by atoms with Gasteiger partial charge in [0.05, 0.1) is 49.9 Å². The summed E-state index contributed by atoms with van der Waals surface area (Å²) in [6.07, 6.45) is -2.81. The van der Waals surface area contributed by atoms with Gasteiger partial charge in [-0.3, -0.25) is 32.5 Å². The first-order chi connectivity index (χ1) is 37.2. The van der Waals surface area contributed by atoms with Gasteiger partial charge < -0.3 is 71.3 Å². The number of amides is 2. The van der Waals surface area contributed by atoms with Crippen LogP contribution in [0.25, 0.3) is 11.2 Å². The van der Waals surface area contributed by atoms with Crippen LogP contribution in [0, 0.1) is 57.7 Å². The molecule has 1 aliphatic heterocycles. The third-order valence-corrected chi connectivity index (χ3v) is 22.3. The van der Waals surface area contributed by atoms with Crippen molar-refractivity contribution in [3.05, 3.63) is 12.7 Å². The Morgan fingerprint density at radius 1 is 0.925 bits per heavy atom. The van der Waals surface area contributed by atoms with E-state index in [1.54, 1.807) is 6.92 Å². The van der Waals surface area contributed by atoms with E-state index < -0.39 is 109 Å². The van der Waals surface area contributed by atoms with Crippen molar-refractivity contribution in [3.8, 4) is 0 Å². The number of nitrogens with two attached hydrogens (primary N) is 1. The standard InChI is InChI=1S/C48H80N7O21P3S/c1-24(28-8-9-29-36-30(19-34(59)48(28,29)6)47(5)13-11-27(56)17-26(47)18-32(36)58)7-10-31(57)25(2)45(64)80-16-15-50-35(60)12-14-51-43(63)40(62)46(3,4)21-73-79(70,71)76-78(68,69)72-20-33-39(75-77(65,66)67)38(61)44(74-33)55-23-54-37-41(49)52-22-53-42(37)55/h22-34,36,38-40,44,56-59,61-62H,7-21H2,1-6H3,(H,50,60)(H,51,63)(H,68,69)(H,70,71)(H2,49,52,53)(H2,65,66,67)/t24-,25+,26+,27-,28-,29+,30+,31+,32-,33-,34+,36+,38-,39-,40+,44-,47+,48-/m1/s1. The summed E-state index contributed by atoms with van der Waals surface area (Å²) >= 11 is 0.968. The van der Waals surface area contributed by atoms with Gasteiger partial charge in [0.15, 0.2) is 22.8 Å². The van der Waals surface area contributed by atoms with Crippen molar-refractivity contribution in [2.75, 3.05) is 37.8 Å². The summed E-state index contributed by atoms with van der Waals surface area (Å²) < 4.78 is 62.8. The molecule has 2 aromatic heterocycles. The fourth-order valence-corrected chi connectivity index (χ4v) is 17.2. The SMILES string of the molecule is C[C@H](CC[C@H](O)[C@H](C)C(=O)SCCNC(=O)CCNC(=O)[C@H](O)C(C)(C)COP(=O)(O)OP(=O)(O)OC[C@H]1O[C@@H](n2cnc3c(N)ncnc32)[C@H](O)[C@@H]1OP(=O)(O)O)[C@H]1CC[C@H]2[C@@H]3[C@H](O)C[C@@H]4C[C@H](O)CC[C@]4(C)[C@H]3C[C@H](O)[C@]12C. The fraction of sp³-hybridized carbons (Fsp3) is 0.833. The maximum absolute atomic E-state index is 13.1. The molecular formula is C48H80N7O21P3S. The highest BCUT2D eigenvalue weighted by atomic mass is 32.2. The molecule has 7 rings (SSSR count). The molecule has 5 aliphatic rings. The zero-order valence-corrected chi connectivity index (χ0v) is 49.1. The Morgan fingerprint density at radius 3 is 2.33 bits per heavy atom. The minimum Gasteiger partial charge on any atom is -0.393 e. The highest BCUT2D eigenvalue weighted by molar-refractivity contribution is 8.13. The number of aromatic nitrogens is 4. The summed E-state index contributed by atoms with van der Waals surface area (Å²) in [6.45, 7) is 8.57. The van der Waals surface area contributed by atoms with E-state index in [0.717, 1.165) is 54.7 Å². The molecule has 2 unspecified atom stereocenters. The minimum atomic E-state index is -5.62. The first-order valence-electron chi connectivity index (χ1n) is 27.0. The second-order valence-electron chi connectivity index (χ2n) is 23.7.